The Morgan fingerprint density at radius 3 is 1.94 bits per heavy atom. The van der Waals surface area contributed by atoms with Gasteiger partial charge in [0.1, 0.15) is 5.75 Å². The predicted octanol–water partition coefficient (Wildman–Crippen LogP) is 9.27. The summed E-state index contributed by atoms with van der Waals surface area (Å²) in [5.41, 5.74) is 3.75. The number of nitrogens with one attached hydrogen (secondary N) is 1. The molecule has 0 amide bonds. The Labute approximate surface area is 202 Å². The maximum Gasteiger partial charge on any atom is 0.266 e. The smallest absolute Gasteiger partial charge is 0.266 e. The average Bonchev–Trinajstić information content (AvgIpc) is 2.80. The highest BCUT2D eigenvalue weighted by Crippen LogP contribution is 2.27. The number of anilines is 1. The number of rotatable bonds is 16. The number of para-hydroxylation sites is 1. The third-order valence-electron chi connectivity index (χ3n) is 6.03. The molecule has 0 aliphatic rings. The van der Waals surface area contributed by atoms with Crippen LogP contribution in [0.4, 0.5) is 5.69 Å². The molecule has 176 valence electrons. The summed E-state index contributed by atoms with van der Waals surface area (Å²) in [7, 11) is 0. The number of hydrogen-bond acceptors (Lipinski definition) is 2. The van der Waals surface area contributed by atoms with Crippen molar-refractivity contribution in [1.29, 1.82) is 0 Å². The van der Waals surface area contributed by atoms with Crippen LogP contribution in [0.1, 0.15) is 102 Å². The zero-order valence-electron chi connectivity index (χ0n) is 20.3. The highest BCUT2D eigenvalue weighted by atomic mass is 32.1. The fourth-order valence-electron chi connectivity index (χ4n) is 4.17. The molecule has 0 saturated carbocycles. The van der Waals surface area contributed by atoms with E-state index in [0.29, 0.717) is 5.17 Å². The summed E-state index contributed by atoms with van der Waals surface area (Å²) < 4.78 is 6.17. The van der Waals surface area contributed by atoms with Gasteiger partial charge in [0.2, 0.25) is 0 Å². The van der Waals surface area contributed by atoms with Crippen LogP contribution in [-0.2, 0) is 12.8 Å². The first-order valence-electron chi connectivity index (χ1n) is 12.9. The van der Waals surface area contributed by atoms with E-state index in [0.717, 1.165) is 24.3 Å². The second kappa shape index (κ2) is 16.7. The highest BCUT2D eigenvalue weighted by Gasteiger charge is 2.12. The van der Waals surface area contributed by atoms with E-state index in [2.05, 4.69) is 37.4 Å². The average molecular weight is 454 g/mol. The summed E-state index contributed by atoms with van der Waals surface area (Å²) in [4.78, 5) is 0. The summed E-state index contributed by atoms with van der Waals surface area (Å²) in [5, 5.41) is 3.62. The quantitative estimate of drug-likeness (QED) is 0.202. The van der Waals surface area contributed by atoms with E-state index in [4.69, 9.17) is 17.0 Å². The van der Waals surface area contributed by atoms with Crippen LogP contribution >= 0.6 is 12.2 Å². The van der Waals surface area contributed by atoms with Crippen molar-refractivity contribution in [1.82, 2.24) is 0 Å². The van der Waals surface area contributed by atoms with Crippen LogP contribution in [-0.4, -0.2) is 5.17 Å². The van der Waals surface area contributed by atoms with E-state index in [1.165, 1.54) is 88.2 Å². The Morgan fingerprint density at radius 2 is 1.28 bits per heavy atom. The molecule has 0 atom stereocenters. The van der Waals surface area contributed by atoms with Crippen molar-refractivity contribution in [3.8, 4) is 5.75 Å². The van der Waals surface area contributed by atoms with E-state index in [-0.39, 0.29) is 0 Å². The van der Waals surface area contributed by atoms with Gasteiger partial charge in [-0.25, -0.2) is 0 Å². The Balaban J connectivity index is 1.99. The van der Waals surface area contributed by atoms with Gasteiger partial charge in [-0.05, 0) is 67.2 Å². The predicted molar refractivity (Wildman–Crippen MR) is 144 cm³/mol. The standard InChI is InChI=1S/C29H43NOS/c1-3-5-7-9-11-14-19-25-20-18-24-28(27(25)23-17-12-10-8-6-4-2)31-29(32)30-26-21-15-13-16-22-26/h13,15-16,18,20-22,24H,3-12,14,17,19,23H2,1-2H3,(H,30,32). The summed E-state index contributed by atoms with van der Waals surface area (Å²) in [6.45, 7) is 4.55. The first-order valence-corrected chi connectivity index (χ1v) is 13.3. The molecule has 2 rings (SSSR count). The monoisotopic (exact) mass is 453 g/mol. The molecule has 0 aromatic heterocycles. The SMILES string of the molecule is CCCCCCCCc1cccc(OC(=S)Nc2ccccc2)c1CCCCCCCC. The van der Waals surface area contributed by atoms with Gasteiger partial charge in [0, 0.05) is 5.69 Å². The topological polar surface area (TPSA) is 21.3 Å². The lowest BCUT2D eigenvalue weighted by Gasteiger charge is -2.17. The third kappa shape index (κ3) is 10.6. The van der Waals surface area contributed by atoms with Gasteiger partial charge in [0.05, 0.1) is 0 Å². The Morgan fingerprint density at radius 1 is 0.688 bits per heavy atom. The minimum atomic E-state index is 0.414. The highest BCUT2D eigenvalue weighted by molar-refractivity contribution is 7.80. The van der Waals surface area contributed by atoms with Gasteiger partial charge in [-0.3, -0.25) is 0 Å². The van der Waals surface area contributed by atoms with Gasteiger partial charge in [-0.2, -0.15) is 0 Å². The maximum absolute atomic E-state index is 6.17. The Bertz CT molecular complexity index is 759. The van der Waals surface area contributed by atoms with Crippen molar-refractivity contribution in [2.45, 2.75) is 104 Å². The number of hydrogen-bond donors (Lipinski definition) is 1. The molecule has 2 nitrogen and oxygen atoms in total. The second-order valence-electron chi connectivity index (χ2n) is 8.81. The minimum Gasteiger partial charge on any atom is -0.431 e. The van der Waals surface area contributed by atoms with Crippen LogP contribution in [0.3, 0.4) is 0 Å². The van der Waals surface area contributed by atoms with E-state index in [1.807, 2.05) is 30.3 Å². The molecular formula is C29H43NOS. The Hall–Kier alpha value is -1.87. The summed E-state index contributed by atoms with van der Waals surface area (Å²) >= 11 is 5.52. The van der Waals surface area contributed by atoms with Crippen molar-refractivity contribution < 1.29 is 4.74 Å². The van der Waals surface area contributed by atoms with E-state index in [1.54, 1.807) is 0 Å². The molecule has 0 fully saturated rings. The van der Waals surface area contributed by atoms with Gasteiger partial charge >= 0.3 is 0 Å². The molecule has 0 unspecified atom stereocenters. The molecule has 0 spiro atoms. The van der Waals surface area contributed by atoms with Crippen molar-refractivity contribution in [3.63, 3.8) is 0 Å². The van der Waals surface area contributed by atoms with Gasteiger partial charge < -0.3 is 10.1 Å². The van der Waals surface area contributed by atoms with E-state index in [9.17, 15) is 0 Å². The van der Waals surface area contributed by atoms with Gasteiger partial charge in [0.25, 0.3) is 5.17 Å². The third-order valence-corrected chi connectivity index (χ3v) is 6.22. The van der Waals surface area contributed by atoms with Crippen molar-refractivity contribution in [3.05, 3.63) is 59.7 Å². The largest absolute Gasteiger partial charge is 0.431 e. The normalized spacial score (nSPS) is 10.8. The molecular weight excluding hydrogens is 410 g/mol. The summed E-state index contributed by atoms with van der Waals surface area (Å²) in [5.74, 6) is 0.926. The number of unbranched alkanes of at least 4 members (excludes halogenated alkanes) is 10. The molecule has 0 saturated heterocycles. The maximum atomic E-state index is 6.17. The fourth-order valence-corrected chi connectivity index (χ4v) is 4.37. The van der Waals surface area contributed by atoms with E-state index >= 15 is 0 Å². The zero-order chi connectivity index (χ0) is 22.9. The van der Waals surface area contributed by atoms with Crippen LogP contribution in [0.15, 0.2) is 48.5 Å². The first kappa shape index (κ1) is 26.4. The zero-order valence-corrected chi connectivity index (χ0v) is 21.2. The first-order chi connectivity index (χ1) is 15.7. The minimum absolute atomic E-state index is 0.414. The van der Waals surface area contributed by atoms with Crippen LogP contribution in [0.2, 0.25) is 0 Å². The molecule has 2 aromatic carbocycles. The Kier molecular flexibility index (Phi) is 13.8. The van der Waals surface area contributed by atoms with Gasteiger partial charge in [0.15, 0.2) is 0 Å². The van der Waals surface area contributed by atoms with Crippen LogP contribution < -0.4 is 10.1 Å². The van der Waals surface area contributed by atoms with Crippen molar-refractivity contribution in [2.24, 2.45) is 0 Å². The fraction of sp³-hybridized carbons (Fsp3) is 0.552. The molecule has 0 heterocycles. The number of ether oxygens (including phenoxy) is 1. The summed E-state index contributed by atoms with van der Waals surface area (Å²) in [6.07, 6.45) is 18.0. The lowest BCUT2D eigenvalue weighted by Crippen LogP contribution is -2.17. The molecule has 0 radical (unpaired) electrons. The van der Waals surface area contributed by atoms with Gasteiger partial charge in [-0.1, -0.05) is 108 Å². The molecule has 32 heavy (non-hydrogen) atoms. The van der Waals surface area contributed by atoms with Crippen LogP contribution in [0, 0.1) is 0 Å². The number of benzene rings is 2. The van der Waals surface area contributed by atoms with Crippen LogP contribution in [0.25, 0.3) is 0 Å². The molecule has 0 aliphatic carbocycles. The lowest BCUT2D eigenvalue weighted by atomic mass is 9.95. The van der Waals surface area contributed by atoms with Crippen molar-refractivity contribution >= 4 is 23.1 Å². The molecule has 2 aromatic rings. The van der Waals surface area contributed by atoms with E-state index < -0.39 is 0 Å². The molecule has 0 aliphatic heterocycles. The van der Waals surface area contributed by atoms with Gasteiger partial charge in [-0.15, -0.1) is 0 Å². The van der Waals surface area contributed by atoms with Crippen molar-refractivity contribution in [2.75, 3.05) is 5.32 Å². The molecule has 0 bridgehead atoms. The molecule has 1 N–H and O–H groups in total. The second-order valence-corrected chi connectivity index (χ2v) is 9.18. The lowest BCUT2D eigenvalue weighted by molar-refractivity contribution is 0.543. The number of thiocarbonyl (C=S) groups is 1. The summed E-state index contributed by atoms with van der Waals surface area (Å²) in [6, 6.07) is 16.5. The molecule has 3 heteroatoms. The number of aryl methyl sites for hydroxylation is 1. The van der Waals surface area contributed by atoms with Crippen LogP contribution in [0.5, 0.6) is 5.75 Å².